The number of carbonyl (C=O) groups is 6. The number of amides is 5. The van der Waals surface area contributed by atoms with Gasteiger partial charge in [0.25, 0.3) is 5.91 Å². The van der Waals surface area contributed by atoms with E-state index in [2.05, 4.69) is 33.8 Å². The molecule has 12 heteroatoms. The summed E-state index contributed by atoms with van der Waals surface area (Å²) in [6, 6.07) is -4.80. The quantitative estimate of drug-likeness (QED) is 0.118. The second-order valence-corrected chi connectivity index (χ2v) is 10.7. The van der Waals surface area contributed by atoms with Crippen molar-refractivity contribution in [2.24, 2.45) is 11.3 Å². The van der Waals surface area contributed by atoms with Crippen LogP contribution in [0.5, 0.6) is 0 Å². The van der Waals surface area contributed by atoms with Crippen molar-refractivity contribution in [1.29, 1.82) is 0 Å². The number of rotatable bonds is 12. The molecule has 0 bridgehead atoms. The van der Waals surface area contributed by atoms with E-state index in [1.54, 1.807) is 34.6 Å². The molecule has 0 aromatic heterocycles. The molecule has 0 radical (unpaired) electrons. The SMILES string of the molecule is C#CCOC(=O)C(NC(=O)NC(C(=O)N1CCC[C@H]1C(=O)NC(C)C(=O)C(=O)NCC=C)C(C)(C)C)C(C)C. The summed E-state index contributed by atoms with van der Waals surface area (Å²) >= 11 is 0. The van der Waals surface area contributed by atoms with Crippen LogP contribution in [0.25, 0.3) is 0 Å². The number of likely N-dealkylation sites (tertiary alicyclic amines) is 1. The van der Waals surface area contributed by atoms with E-state index in [0.29, 0.717) is 12.8 Å². The van der Waals surface area contributed by atoms with Gasteiger partial charge in [-0.15, -0.1) is 13.0 Å². The predicted molar refractivity (Wildman–Crippen MR) is 144 cm³/mol. The zero-order chi connectivity index (χ0) is 29.9. The minimum atomic E-state index is -1.11. The van der Waals surface area contributed by atoms with Gasteiger partial charge < -0.3 is 30.9 Å². The molecule has 1 fully saturated rings. The number of urea groups is 1. The van der Waals surface area contributed by atoms with Gasteiger partial charge in [-0.1, -0.05) is 46.6 Å². The number of hydrogen-bond acceptors (Lipinski definition) is 7. The van der Waals surface area contributed by atoms with Gasteiger partial charge in [0.15, 0.2) is 6.61 Å². The van der Waals surface area contributed by atoms with Crippen LogP contribution in [0.4, 0.5) is 4.79 Å². The third-order valence-electron chi connectivity index (χ3n) is 6.11. The molecule has 1 rings (SSSR count). The van der Waals surface area contributed by atoms with Crippen LogP contribution in [0.1, 0.15) is 54.4 Å². The van der Waals surface area contributed by atoms with Crippen molar-refractivity contribution in [3.63, 3.8) is 0 Å². The average Bonchev–Trinajstić information content (AvgIpc) is 3.36. The highest BCUT2D eigenvalue weighted by Crippen LogP contribution is 2.26. The fourth-order valence-corrected chi connectivity index (χ4v) is 3.96. The van der Waals surface area contributed by atoms with Crippen LogP contribution in [0, 0.1) is 23.7 Å². The van der Waals surface area contributed by atoms with Gasteiger partial charge in [0.05, 0.1) is 6.04 Å². The first-order chi connectivity index (χ1) is 18.1. The van der Waals surface area contributed by atoms with Crippen molar-refractivity contribution in [2.75, 3.05) is 19.7 Å². The maximum absolute atomic E-state index is 13.6. The standard InChI is InChI=1S/C27H41N5O7/c1-9-13-28-23(35)20(33)17(5)29-22(34)18-12-11-14-32(18)24(36)21(27(6,7)8)31-26(38)30-19(16(3)4)25(37)39-15-10-2/h2,9,16-19,21H,1,11-15H2,3-8H3,(H,28,35)(H,29,34)(H2,30,31,38)/t17?,18-,19?,21?/m0/s1. The van der Waals surface area contributed by atoms with Crippen LogP contribution in [-0.2, 0) is 28.7 Å². The van der Waals surface area contributed by atoms with Gasteiger partial charge in [0.2, 0.25) is 17.6 Å². The van der Waals surface area contributed by atoms with E-state index < -0.39 is 65.1 Å². The zero-order valence-electron chi connectivity index (χ0n) is 23.6. The molecule has 1 saturated heterocycles. The Balaban J connectivity index is 2.99. The van der Waals surface area contributed by atoms with Crippen LogP contribution in [0.15, 0.2) is 12.7 Å². The van der Waals surface area contributed by atoms with Crippen molar-refractivity contribution in [2.45, 2.75) is 78.6 Å². The Morgan fingerprint density at radius 1 is 1.10 bits per heavy atom. The number of terminal acetylenes is 1. The molecule has 0 aliphatic carbocycles. The lowest BCUT2D eigenvalue weighted by atomic mass is 9.85. The molecule has 1 heterocycles. The lowest BCUT2D eigenvalue weighted by molar-refractivity contribution is -0.145. The van der Waals surface area contributed by atoms with Gasteiger partial charge in [0, 0.05) is 13.1 Å². The number of ether oxygens (including phenoxy) is 1. The third kappa shape index (κ3) is 9.74. The van der Waals surface area contributed by atoms with Crippen LogP contribution in [-0.4, -0.2) is 84.3 Å². The summed E-state index contributed by atoms with van der Waals surface area (Å²) in [6.45, 7) is 13.7. The predicted octanol–water partition coefficient (Wildman–Crippen LogP) is 0.268. The van der Waals surface area contributed by atoms with Crippen LogP contribution >= 0.6 is 0 Å². The maximum atomic E-state index is 13.6. The molecule has 39 heavy (non-hydrogen) atoms. The molecule has 4 atom stereocenters. The lowest BCUT2D eigenvalue weighted by Gasteiger charge is -2.36. The molecule has 1 aliphatic heterocycles. The molecule has 216 valence electrons. The molecule has 0 saturated carbocycles. The summed E-state index contributed by atoms with van der Waals surface area (Å²) in [5, 5.41) is 10.1. The van der Waals surface area contributed by atoms with E-state index in [-0.39, 0.29) is 25.6 Å². The normalized spacial score (nSPS) is 17.2. The van der Waals surface area contributed by atoms with E-state index in [9.17, 15) is 28.8 Å². The number of nitrogens with one attached hydrogen (secondary N) is 4. The van der Waals surface area contributed by atoms with Gasteiger partial charge in [-0.2, -0.15) is 0 Å². The van der Waals surface area contributed by atoms with Gasteiger partial charge in [-0.25, -0.2) is 9.59 Å². The number of hydrogen-bond donors (Lipinski definition) is 4. The van der Waals surface area contributed by atoms with Crippen molar-refractivity contribution in [3.05, 3.63) is 12.7 Å². The van der Waals surface area contributed by atoms with Crippen LogP contribution < -0.4 is 21.3 Å². The highest BCUT2D eigenvalue weighted by atomic mass is 16.5. The van der Waals surface area contributed by atoms with Crippen molar-refractivity contribution < 1.29 is 33.5 Å². The van der Waals surface area contributed by atoms with Gasteiger partial charge in [0.1, 0.15) is 18.1 Å². The summed E-state index contributed by atoms with van der Waals surface area (Å²) in [4.78, 5) is 77.4. The summed E-state index contributed by atoms with van der Waals surface area (Å²) in [5.74, 6) is -1.58. The Morgan fingerprint density at radius 2 is 1.74 bits per heavy atom. The van der Waals surface area contributed by atoms with E-state index >= 15 is 0 Å². The Morgan fingerprint density at radius 3 is 2.28 bits per heavy atom. The van der Waals surface area contributed by atoms with Crippen molar-refractivity contribution in [1.82, 2.24) is 26.2 Å². The monoisotopic (exact) mass is 547 g/mol. The average molecular weight is 548 g/mol. The van der Waals surface area contributed by atoms with Crippen molar-refractivity contribution in [3.8, 4) is 12.3 Å². The first kappa shape index (κ1) is 33.1. The van der Waals surface area contributed by atoms with Crippen molar-refractivity contribution >= 4 is 35.5 Å². The molecule has 0 aromatic rings. The highest BCUT2D eigenvalue weighted by molar-refractivity contribution is 6.38. The number of nitrogens with zero attached hydrogens (tertiary/aromatic N) is 1. The van der Waals surface area contributed by atoms with Crippen LogP contribution in [0.3, 0.4) is 0 Å². The number of carbonyl (C=O) groups excluding carboxylic acids is 6. The Hall–Kier alpha value is -3.88. The first-order valence-electron chi connectivity index (χ1n) is 12.9. The Labute approximate surface area is 230 Å². The Bertz CT molecular complexity index is 995. The summed E-state index contributed by atoms with van der Waals surface area (Å²) in [5.41, 5.74) is -0.762. The van der Waals surface area contributed by atoms with E-state index in [1.807, 2.05) is 0 Å². The number of ketones is 1. The smallest absolute Gasteiger partial charge is 0.329 e. The largest absolute Gasteiger partial charge is 0.451 e. The zero-order valence-corrected chi connectivity index (χ0v) is 23.6. The molecule has 12 nitrogen and oxygen atoms in total. The molecular weight excluding hydrogens is 506 g/mol. The third-order valence-corrected chi connectivity index (χ3v) is 6.11. The molecule has 0 spiro atoms. The van der Waals surface area contributed by atoms with E-state index in [1.165, 1.54) is 17.9 Å². The molecular formula is C27H41N5O7. The van der Waals surface area contributed by atoms with Gasteiger partial charge in [-0.05, 0) is 31.1 Å². The minimum absolute atomic E-state index is 0.106. The maximum Gasteiger partial charge on any atom is 0.329 e. The highest BCUT2D eigenvalue weighted by Gasteiger charge is 2.42. The fourth-order valence-electron chi connectivity index (χ4n) is 3.96. The molecule has 5 amide bonds. The summed E-state index contributed by atoms with van der Waals surface area (Å²) in [7, 11) is 0. The Kier molecular flexibility index (Phi) is 12.7. The van der Waals surface area contributed by atoms with E-state index in [4.69, 9.17) is 11.2 Å². The van der Waals surface area contributed by atoms with Crippen LogP contribution in [0.2, 0.25) is 0 Å². The van der Waals surface area contributed by atoms with Gasteiger partial charge >= 0.3 is 12.0 Å². The van der Waals surface area contributed by atoms with Gasteiger partial charge in [-0.3, -0.25) is 19.2 Å². The van der Waals surface area contributed by atoms with E-state index in [0.717, 1.165) is 0 Å². The second kappa shape index (κ2) is 14.9. The number of Topliss-reactive ketones (excluding diaryl/α,β-unsaturated/α-hetero) is 1. The molecule has 0 aromatic carbocycles. The summed E-state index contributed by atoms with van der Waals surface area (Å²) < 4.78 is 4.95. The fraction of sp³-hybridized carbons (Fsp3) is 0.630. The molecule has 3 unspecified atom stereocenters. The first-order valence-corrected chi connectivity index (χ1v) is 12.9. The second-order valence-electron chi connectivity index (χ2n) is 10.7. The minimum Gasteiger partial charge on any atom is -0.451 e. The number of esters is 1. The summed E-state index contributed by atoms with van der Waals surface area (Å²) in [6.07, 6.45) is 7.43. The molecule has 1 aliphatic rings. The lowest BCUT2D eigenvalue weighted by Crippen LogP contribution is -2.61. The topological polar surface area (TPSA) is 163 Å². The molecule has 4 N–H and O–H groups in total.